The molecule has 0 saturated heterocycles. The van der Waals surface area contributed by atoms with Gasteiger partial charge in [-0.25, -0.2) is 0 Å². The molecule has 3 nitrogen and oxygen atoms in total. The Hall–Kier alpha value is -0.930. The second-order valence-corrected chi connectivity index (χ2v) is 5.28. The van der Waals surface area contributed by atoms with Crippen molar-refractivity contribution in [3.63, 3.8) is 0 Å². The van der Waals surface area contributed by atoms with Gasteiger partial charge in [-0.3, -0.25) is 0 Å². The highest BCUT2D eigenvalue weighted by molar-refractivity contribution is 6.32. The van der Waals surface area contributed by atoms with Gasteiger partial charge in [0.2, 0.25) is 0 Å². The normalized spacial score (nSPS) is 20.2. The highest BCUT2D eigenvalue weighted by Crippen LogP contribution is 2.44. The minimum absolute atomic E-state index is 0.542. The monoisotopic (exact) mass is 254 g/mol. The highest BCUT2D eigenvalue weighted by Gasteiger charge is 2.41. The van der Waals surface area contributed by atoms with E-state index in [0.717, 1.165) is 35.5 Å². The third-order valence-electron chi connectivity index (χ3n) is 3.41. The molecule has 17 heavy (non-hydrogen) atoms. The maximum absolute atomic E-state index is 9.97. The van der Waals surface area contributed by atoms with Gasteiger partial charge in [0, 0.05) is 12.0 Å². The Labute approximate surface area is 105 Å². The van der Waals surface area contributed by atoms with Crippen LogP contribution in [0.4, 0.5) is 0 Å². The molecule has 0 atom stereocenters. The molecule has 1 fully saturated rings. The molecular weight excluding hydrogens is 240 g/mol. The molecule has 3 rings (SSSR count). The maximum atomic E-state index is 9.97. The Morgan fingerprint density at radius 1 is 1.35 bits per heavy atom. The Bertz CT molecular complexity index is 466. The van der Waals surface area contributed by atoms with Gasteiger partial charge in [0.05, 0.1) is 10.6 Å². The molecule has 1 aliphatic carbocycles. The van der Waals surface area contributed by atoms with Crippen molar-refractivity contribution in [3.05, 3.63) is 22.2 Å². The standard InChI is InChI=1S/C13H15ClO3/c1-8-11(14)9(7-13(15)2-3-13)6-10-12(8)17-5-4-16-10/h6,15H,2-5,7H2,1H3. The van der Waals surface area contributed by atoms with E-state index in [4.69, 9.17) is 21.1 Å². The fourth-order valence-electron chi connectivity index (χ4n) is 2.20. The van der Waals surface area contributed by atoms with E-state index in [9.17, 15) is 5.11 Å². The summed E-state index contributed by atoms with van der Waals surface area (Å²) in [6, 6.07) is 1.90. The van der Waals surface area contributed by atoms with Crippen LogP contribution in [0.1, 0.15) is 24.0 Å². The Balaban J connectivity index is 2.01. The molecule has 1 saturated carbocycles. The topological polar surface area (TPSA) is 38.7 Å². The van der Waals surface area contributed by atoms with Crippen molar-refractivity contribution >= 4 is 11.6 Å². The molecule has 0 aromatic heterocycles. The van der Waals surface area contributed by atoms with Crippen molar-refractivity contribution < 1.29 is 14.6 Å². The number of ether oxygens (including phenoxy) is 2. The van der Waals surface area contributed by atoms with E-state index < -0.39 is 5.60 Å². The van der Waals surface area contributed by atoms with Gasteiger partial charge in [-0.1, -0.05) is 11.6 Å². The minimum atomic E-state index is -0.542. The number of hydrogen-bond acceptors (Lipinski definition) is 3. The third kappa shape index (κ3) is 1.98. The van der Waals surface area contributed by atoms with E-state index in [1.165, 1.54) is 0 Å². The van der Waals surface area contributed by atoms with Crippen LogP contribution in [0.2, 0.25) is 5.02 Å². The Morgan fingerprint density at radius 2 is 2.06 bits per heavy atom. The molecule has 0 bridgehead atoms. The number of benzene rings is 1. The second kappa shape index (κ2) is 3.79. The van der Waals surface area contributed by atoms with Crippen LogP contribution in [-0.4, -0.2) is 23.9 Å². The first-order chi connectivity index (χ1) is 8.09. The minimum Gasteiger partial charge on any atom is -0.486 e. The fraction of sp³-hybridized carbons (Fsp3) is 0.538. The van der Waals surface area contributed by atoms with Crippen LogP contribution in [0, 0.1) is 6.92 Å². The molecule has 0 radical (unpaired) electrons. The van der Waals surface area contributed by atoms with E-state index >= 15 is 0 Å². The first-order valence-corrected chi connectivity index (χ1v) is 6.27. The molecule has 0 amide bonds. The number of hydrogen-bond donors (Lipinski definition) is 1. The predicted molar refractivity (Wildman–Crippen MR) is 65.1 cm³/mol. The average molecular weight is 255 g/mol. The summed E-state index contributed by atoms with van der Waals surface area (Å²) in [4.78, 5) is 0. The summed E-state index contributed by atoms with van der Waals surface area (Å²) in [5.41, 5.74) is 1.32. The van der Waals surface area contributed by atoms with Crippen LogP contribution in [0.15, 0.2) is 6.07 Å². The van der Waals surface area contributed by atoms with Gasteiger partial charge in [0.15, 0.2) is 11.5 Å². The van der Waals surface area contributed by atoms with Gasteiger partial charge < -0.3 is 14.6 Å². The van der Waals surface area contributed by atoms with Gasteiger partial charge >= 0.3 is 0 Å². The van der Waals surface area contributed by atoms with E-state index in [0.29, 0.717) is 24.7 Å². The van der Waals surface area contributed by atoms with Crippen LogP contribution in [-0.2, 0) is 6.42 Å². The lowest BCUT2D eigenvalue weighted by molar-refractivity contribution is 0.149. The van der Waals surface area contributed by atoms with Crippen LogP contribution < -0.4 is 9.47 Å². The zero-order valence-corrected chi connectivity index (χ0v) is 10.5. The zero-order valence-electron chi connectivity index (χ0n) is 9.75. The molecule has 92 valence electrons. The van der Waals surface area contributed by atoms with Gasteiger partial charge in [-0.2, -0.15) is 0 Å². The largest absolute Gasteiger partial charge is 0.486 e. The molecule has 1 heterocycles. The van der Waals surface area contributed by atoms with Crippen LogP contribution >= 0.6 is 11.6 Å². The van der Waals surface area contributed by atoms with E-state index in [1.54, 1.807) is 0 Å². The molecule has 1 N–H and O–H groups in total. The van der Waals surface area contributed by atoms with Crippen LogP contribution in [0.25, 0.3) is 0 Å². The van der Waals surface area contributed by atoms with Gasteiger partial charge in [-0.05, 0) is 31.4 Å². The number of fused-ring (bicyclic) bond motifs is 1. The molecule has 2 aliphatic rings. The van der Waals surface area contributed by atoms with E-state index in [-0.39, 0.29) is 0 Å². The lowest BCUT2D eigenvalue weighted by Gasteiger charge is -2.23. The van der Waals surface area contributed by atoms with Crippen molar-refractivity contribution in [2.75, 3.05) is 13.2 Å². The molecule has 1 aliphatic heterocycles. The quantitative estimate of drug-likeness (QED) is 0.881. The molecule has 4 heteroatoms. The number of rotatable bonds is 2. The summed E-state index contributed by atoms with van der Waals surface area (Å²) in [5, 5.41) is 10.7. The third-order valence-corrected chi connectivity index (χ3v) is 3.94. The second-order valence-electron chi connectivity index (χ2n) is 4.90. The van der Waals surface area contributed by atoms with Crippen molar-refractivity contribution in [1.29, 1.82) is 0 Å². The summed E-state index contributed by atoms with van der Waals surface area (Å²) in [6.07, 6.45) is 2.32. The van der Waals surface area contributed by atoms with Gasteiger partial charge in [0.1, 0.15) is 13.2 Å². The summed E-state index contributed by atoms with van der Waals surface area (Å²) in [7, 11) is 0. The molecule has 0 spiro atoms. The lowest BCUT2D eigenvalue weighted by Crippen LogP contribution is -2.18. The van der Waals surface area contributed by atoms with Crippen molar-refractivity contribution in [2.24, 2.45) is 0 Å². The van der Waals surface area contributed by atoms with Crippen molar-refractivity contribution in [2.45, 2.75) is 31.8 Å². The highest BCUT2D eigenvalue weighted by atomic mass is 35.5. The Morgan fingerprint density at radius 3 is 2.76 bits per heavy atom. The summed E-state index contributed by atoms with van der Waals surface area (Å²) >= 11 is 6.32. The Kier molecular flexibility index (Phi) is 2.49. The summed E-state index contributed by atoms with van der Waals surface area (Å²) < 4.78 is 11.1. The van der Waals surface area contributed by atoms with Crippen LogP contribution in [0.5, 0.6) is 11.5 Å². The molecular formula is C13H15ClO3. The van der Waals surface area contributed by atoms with E-state index in [2.05, 4.69) is 0 Å². The van der Waals surface area contributed by atoms with Crippen molar-refractivity contribution in [1.82, 2.24) is 0 Å². The van der Waals surface area contributed by atoms with Gasteiger partial charge in [-0.15, -0.1) is 0 Å². The zero-order chi connectivity index (χ0) is 12.0. The van der Waals surface area contributed by atoms with Crippen molar-refractivity contribution in [3.8, 4) is 11.5 Å². The molecule has 1 aromatic carbocycles. The summed E-state index contributed by atoms with van der Waals surface area (Å²) in [6.45, 7) is 3.06. The van der Waals surface area contributed by atoms with Crippen LogP contribution in [0.3, 0.4) is 0 Å². The SMILES string of the molecule is Cc1c(Cl)c(CC2(O)CC2)cc2c1OCCO2. The maximum Gasteiger partial charge on any atom is 0.165 e. The molecule has 0 unspecified atom stereocenters. The predicted octanol–water partition coefficient (Wildman–Crippen LogP) is 2.49. The lowest BCUT2D eigenvalue weighted by atomic mass is 10.0. The summed E-state index contributed by atoms with van der Waals surface area (Å²) in [5.74, 6) is 1.49. The average Bonchev–Trinajstić information content (AvgIpc) is 3.04. The fourth-order valence-corrected chi connectivity index (χ4v) is 2.41. The molecule has 1 aromatic rings. The smallest absolute Gasteiger partial charge is 0.165 e. The first kappa shape index (κ1) is 11.2. The first-order valence-electron chi connectivity index (χ1n) is 5.89. The van der Waals surface area contributed by atoms with E-state index in [1.807, 2.05) is 13.0 Å². The van der Waals surface area contributed by atoms with Gasteiger partial charge in [0.25, 0.3) is 0 Å². The number of halogens is 1. The number of aliphatic hydroxyl groups is 1.